The minimum atomic E-state index is -3.65. The van der Waals surface area contributed by atoms with Crippen molar-refractivity contribution in [2.24, 2.45) is 0 Å². The van der Waals surface area contributed by atoms with Crippen LogP contribution >= 0.6 is 11.6 Å². The van der Waals surface area contributed by atoms with Crippen LogP contribution < -0.4 is 10.1 Å². The molecule has 1 aliphatic rings. The molecule has 1 saturated heterocycles. The summed E-state index contributed by atoms with van der Waals surface area (Å²) in [7, 11) is -2.19. The first-order valence-corrected chi connectivity index (χ1v) is 10.1. The van der Waals surface area contributed by atoms with Gasteiger partial charge in [-0.25, -0.2) is 8.42 Å². The van der Waals surface area contributed by atoms with Gasteiger partial charge in [0, 0.05) is 23.8 Å². The van der Waals surface area contributed by atoms with Crippen LogP contribution in [0, 0.1) is 0 Å². The summed E-state index contributed by atoms with van der Waals surface area (Å²) in [6.45, 7) is 1.34. The Morgan fingerprint density at radius 2 is 1.93 bits per heavy atom. The molecule has 1 amide bonds. The van der Waals surface area contributed by atoms with E-state index >= 15 is 0 Å². The Kier molecular flexibility index (Phi) is 6.01. The van der Waals surface area contributed by atoms with Crippen molar-refractivity contribution in [3.05, 3.63) is 53.1 Å². The molecule has 1 N–H and O–H groups in total. The maximum Gasteiger partial charge on any atom is 0.259 e. The first-order valence-electron chi connectivity index (χ1n) is 8.24. The maximum absolute atomic E-state index is 12.8. The van der Waals surface area contributed by atoms with Crippen LogP contribution in [0.15, 0.2) is 47.4 Å². The largest absolute Gasteiger partial charge is 0.496 e. The molecule has 9 heteroatoms. The first kappa shape index (κ1) is 19.6. The zero-order valence-corrected chi connectivity index (χ0v) is 16.2. The van der Waals surface area contributed by atoms with Crippen LogP contribution in [0.2, 0.25) is 5.02 Å². The van der Waals surface area contributed by atoms with Gasteiger partial charge >= 0.3 is 0 Å². The Morgan fingerprint density at radius 3 is 2.63 bits per heavy atom. The van der Waals surface area contributed by atoms with E-state index in [-0.39, 0.29) is 10.5 Å². The molecule has 0 spiro atoms. The minimum Gasteiger partial charge on any atom is -0.496 e. The van der Waals surface area contributed by atoms with Crippen molar-refractivity contribution < 1.29 is 22.7 Å². The number of nitrogens with zero attached hydrogens (tertiary/aromatic N) is 1. The summed E-state index contributed by atoms with van der Waals surface area (Å²) in [6, 6.07) is 10.8. The van der Waals surface area contributed by atoms with E-state index < -0.39 is 15.9 Å². The van der Waals surface area contributed by atoms with Gasteiger partial charge in [0.2, 0.25) is 10.0 Å². The van der Waals surface area contributed by atoms with Crippen molar-refractivity contribution in [2.75, 3.05) is 38.7 Å². The molecule has 1 fully saturated rings. The quantitative estimate of drug-likeness (QED) is 0.819. The molecule has 2 aromatic rings. The summed E-state index contributed by atoms with van der Waals surface area (Å²) < 4.78 is 37.3. The topological polar surface area (TPSA) is 84.9 Å². The lowest BCUT2D eigenvalue weighted by molar-refractivity contribution is 0.0730. The predicted molar refractivity (Wildman–Crippen MR) is 102 cm³/mol. The second-order valence-electron chi connectivity index (χ2n) is 5.84. The minimum absolute atomic E-state index is 0.111. The summed E-state index contributed by atoms with van der Waals surface area (Å²) in [5.41, 5.74) is 0.614. The summed E-state index contributed by atoms with van der Waals surface area (Å²) in [5, 5.41) is 3.08. The van der Waals surface area contributed by atoms with Crippen LogP contribution in [-0.2, 0) is 14.8 Å². The normalized spacial score (nSPS) is 15.3. The monoisotopic (exact) mass is 410 g/mol. The number of anilines is 1. The number of rotatable bonds is 5. The van der Waals surface area contributed by atoms with Gasteiger partial charge in [0.25, 0.3) is 5.91 Å². The molecule has 1 aliphatic heterocycles. The van der Waals surface area contributed by atoms with Gasteiger partial charge in [-0.3, -0.25) is 4.79 Å². The standard InChI is InChI=1S/C18H19ClN2O5S/c1-25-17-6-5-13(19)11-16(17)18(22)20-14-3-2-4-15(12-14)27(23,24)21-7-9-26-10-8-21/h2-6,11-12H,7-10H2,1H3,(H,20,22). The first-order chi connectivity index (χ1) is 12.9. The van der Waals surface area contributed by atoms with Crippen molar-refractivity contribution >= 4 is 33.2 Å². The lowest BCUT2D eigenvalue weighted by Crippen LogP contribution is -2.40. The molecule has 2 aromatic carbocycles. The average molecular weight is 411 g/mol. The molecule has 7 nitrogen and oxygen atoms in total. The van der Waals surface area contributed by atoms with E-state index in [0.717, 1.165) is 0 Å². The van der Waals surface area contributed by atoms with Gasteiger partial charge in [0.1, 0.15) is 5.75 Å². The number of sulfonamides is 1. The van der Waals surface area contributed by atoms with Crippen LogP contribution in [0.5, 0.6) is 5.75 Å². The molecule has 0 radical (unpaired) electrons. The molecular formula is C18H19ClN2O5S. The molecular weight excluding hydrogens is 392 g/mol. The molecule has 0 aromatic heterocycles. The maximum atomic E-state index is 12.8. The van der Waals surface area contributed by atoms with Gasteiger partial charge in [0.15, 0.2) is 0 Å². The highest BCUT2D eigenvalue weighted by Crippen LogP contribution is 2.25. The summed E-state index contributed by atoms with van der Waals surface area (Å²) in [6.07, 6.45) is 0. The van der Waals surface area contributed by atoms with Crippen LogP contribution in [0.25, 0.3) is 0 Å². The molecule has 0 unspecified atom stereocenters. The third-order valence-corrected chi connectivity index (χ3v) is 6.24. The zero-order valence-electron chi connectivity index (χ0n) is 14.6. The van der Waals surface area contributed by atoms with E-state index in [1.165, 1.54) is 29.6 Å². The fourth-order valence-electron chi connectivity index (χ4n) is 2.73. The van der Waals surface area contributed by atoms with E-state index in [9.17, 15) is 13.2 Å². The van der Waals surface area contributed by atoms with Gasteiger partial charge in [0.05, 0.1) is 30.8 Å². The number of methoxy groups -OCH3 is 1. The highest BCUT2D eigenvalue weighted by molar-refractivity contribution is 7.89. The van der Waals surface area contributed by atoms with E-state index in [1.54, 1.807) is 24.3 Å². The van der Waals surface area contributed by atoms with Gasteiger partial charge in [-0.15, -0.1) is 0 Å². The van der Waals surface area contributed by atoms with Crippen molar-refractivity contribution in [3.8, 4) is 5.75 Å². The molecule has 27 heavy (non-hydrogen) atoms. The Labute approximate surface area is 162 Å². The van der Waals surface area contributed by atoms with Crippen LogP contribution in [0.3, 0.4) is 0 Å². The van der Waals surface area contributed by atoms with Gasteiger partial charge < -0.3 is 14.8 Å². The fraction of sp³-hybridized carbons (Fsp3) is 0.278. The number of morpholine rings is 1. The number of ether oxygens (including phenoxy) is 2. The summed E-state index contributed by atoms with van der Waals surface area (Å²) in [4.78, 5) is 12.7. The van der Waals surface area contributed by atoms with Crippen molar-refractivity contribution in [2.45, 2.75) is 4.90 Å². The number of carbonyl (C=O) groups is 1. The van der Waals surface area contributed by atoms with Crippen LogP contribution in [0.4, 0.5) is 5.69 Å². The van der Waals surface area contributed by atoms with Crippen LogP contribution in [0.1, 0.15) is 10.4 Å². The number of halogens is 1. The highest BCUT2D eigenvalue weighted by atomic mass is 35.5. The SMILES string of the molecule is COc1ccc(Cl)cc1C(=O)Nc1cccc(S(=O)(=O)N2CCOCC2)c1. The van der Waals surface area contributed by atoms with E-state index in [1.807, 2.05) is 0 Å². The lowest BCUT2D eigenvalue weighted by Gasteiger charge is -2.26. The number of hydrogen-bond acceptors (Lipinski definition) is 5. The van der Waals surface area contributed by atoms with Crippen molar-refractivity contribution in [3.63, 3.8) is 0 Å². The van der Waals surface area contributed by atoms with E-state index in [4.69, 9.17) is 21.1 Å². The molecule has 1 heterocycles. The average Bonchev–Trinajstić information content (AvgIpc) is 2.69. The van der Waals surface area contributed by atoms with Crippen molar-refractivity contribution in [1.29, 1.82) is 0 Å². The Morgan fingerprint density at radius 1 is 1.19 bits per heavy atom. The third kappa shape index (κ3) is 4.41. The van der Waals surface area contributed by atoms with E-state index in [0.29, 0.717) is 42.8 Å². The smallest absolute Gasteiger partial charge is 0.259 e. The number of carbonyl (C=O) groups excluding carboxylic acids is 1. The molecule has 0 aliphatic carbocycles. The fourth-order valence-corrected chi connectivity index (χ4v) is 4.35. The Balaban J connectivity index is 1.84. The zero-order chi connectivity index (χ0) is 19.4. The van der Waals surface area contributed by atoms with Gasteiger partial charge in [-0.05, 0) is 36.4 Å². The molecule has 0 saturated carbocycles. The summed E-state index contributed by atoms with van der Waals surface area (Å²) >= 11 is 5.96. The molecule has 0 atom stereocenters. The summed E-state index contributed by atoms with van der Waals surface area (Å²) in [5.74, 6) is -0.0794. The van der Waals surface area contributed by atoms with E-state index in [2.05, 4.69) is 5.32 Å². The molecule has 144 valence electrons. The van der Waals surface area contributed by atoms with Gasteiger partial charge in [-0.2, -0.15) is 4.31 Å². The Hall–Kier alpha value is -2.13. The number of hydrogen-bond donors (Lipinski definition) is 1. The van der Waals surface area contributed by atoms with Gasteiger partial charge in [-0.1, -0.05) is 17.7 Å². The highest BCUT2D eigenvalue weighted by Gasteiger charge is 2.26. The van der Waals surface area contributed by atoms with Crippen LogP contribution in [-0.4, -0.2) is 52.0 Å². The predicted octanol–water partition coefficient (Wildman–Crippen LogP) is 2.62. The number of benzene rings is 2. The van der Waals surface area contributed by atoms with Crippen molar-refractivity contribution in [1.82, 2.24) is 4.31 Å². The third-order valence-electron chi connectivity index (χ3n) is 4.11. The number of amides is 1. The molecule has 3 rings (SSSR count). The second kappa shape index (κ2) is 8.26. The lowest BCUT2D eigenvalue weighted by atomic mass is 10.2. The Bertz CT molecular complexity index is 943. The molecule has 0 bridgehead atoms. The number of nitrogens with one attached hydrogen (secondary N) is 1. The second-order valence-corrected chi connectivity index (χ2v) is 8.22.